The monoisotopic (exact) mass is 211 g/mol. The molecule has 0 amide bonds. The van der Waals surface area contributed by atoms with Crippen molar-refractivity contribution >= 4 is 0 Å². The summed E-state index contributed by atoms with van der Waals surface area (Å²) in [6.45, 7) is 16.8. The number of hydrogen-bond donors (Lipinski definition) is 1. The molecule has 2 atom stereocenters. The van der Waals surface area contributed by atoms with Crippen molar-refractivity contribution in [3.05, 3.63) is 0 Å². The maximum absolute atomic E-state index is 3.61. The molecule has 0 aromatic carbocycles. The zero-order chi connectivity index (χ0) is 11.7. The predicted molar refractivity (Wildman–Crippen MR) is 68.0 cm³/mol. The van der Waals surface area contributed by atoms with Crippen LogP contribution < -0.4 is 5.32 Å². The van der Waals surface area contributed by atoms with Crippen molar-refractivity contribution in [2.45, 2.75) is 54.4 Å². The van der Waals surface area contributed by atoms with E-state index in [0.29, 0.717) is 10.8 Å². The molecule has 1 aliphatic heterocycles. The Morgan fingerprint density at radius 3 is 1.87 bits per heavy atom. The highest BCUT2D eigenvalue weighted by Crippen LogP contribution is 2.44. The number of rotatable bonds is 0. The van der Waals surface area contributed by atoms with Crippen LogP contribution in [0.25, 0.3) is 0 Å². The molecule has 1 heterocycles. The van der Waals surface area contributed by atoms with Gasteiger partial charge in [0, 0.05) is 0 Å². The zero-order valence-electron chi connectivity index (χ0n) is 11.5. The first-order valence-corrected chi connectivity index (χ1v) is 6.43. The molecule has 1 aliphatic rings. The summed E-state index contributed by atoms with van der Waals surface area (Å²) < 4.78 is 0. The minimum Gasteiger partial charge on any atom is -0.316 e. The molecule has 1 fully saturated rings. The van der Waals surface area contributed by atoms with E-state index in [1.807, 2.05) is 0 Å². The third kappa shape index (κ3) is 3.48. The molecule has 0 aromatic heterocycles. The molecule has 0 aromatic rings. The van der Waals surface area contributed by atoms with Gasteiger partial charge in [0.25, 0.3) is 0 Å². The van der Waals surface area contributed by atoms with Crippen molar-refractivity contribution in [3.63, 3.8) is 0 Å². The van der Waals surface area contributed by atoms with E-state index in [1.54, 1.807) is 0 Å². The van der Waals surface area contributed by atoms with Gasteiger partial charge in [-0.1, -0.05) is 41.5 Å². The molecule has 1 heteroatoms. The van der Waals surface area contributed by atoms with Crippen molar-refractivity contribution in [3.8, 4) is 0 Å². The van der Waals surface area contributed by atoms with E-state index in [0.717, 1.165) is 11.8 Å². The molecule has 15 heavy (non-hydrogen) atoms. The molecule has 90 valence electrons. The van der Waals surface area contributed by atoms with Gasteiger partial charge < -0.3 is 5.32 Å². The smallest absolute Gasteiger partial charge is 0.00127 e. The molecule has 0 aliphatic carbocycles. The van der Waals surface area contributed by atoms with Crippen LogP contribution in [0.1, 0.15) is 54.4 Å². The van der Waals surface area contributed by atoms with Crippen LogP contribution in [-0.4, -0.2) is 13.1 Å². The lowest BCUT2D eigenvalue weighted by Gasteiger charge is -2.43. The highest BCUT2D eigenvalue weighted by Gasteiger charge is 2.38. The molecule has 1 rings (SSSR count). The molecule has 1 saturated heterocycles. The summed E-state index contributed by atoms with van der Waals surface area (Å²) in [5.41, 5.74) is 0.874. The fraction of sp³-hybridized carbons (Fsp3) is 1.00. The molecule has 0 spiro atoms. The lowest BCUT2D eigenvalue weighted by molar-refractivity contribution is 0.0730. The van der Waals surface area contributed by atoms with Crippen molar-refractivity contribution < 1.29 is 0 Å². The second-order valence-corrected chi connectivity index (χ2v) is 7.29. The molecule has 0 bridgehead atoms. The van der Waals surface area contributed by atoms with Crippen LogP contribution in [0.2, 0.25) is 0 Å². The topological polar surface area (TPSA) is 12.0 Å². The Morgan fingerprint density at radius 1 is 0.867 bits per heavy atom. The summed E-state index contributed by atoms with van der Waals surface area (Å²) in [5.74, 6) is 1.66. The Labute approximate surface area is 96.0 Å². The second-order valence-electron chi connectivity index (χ2n) is 7.29. The molecular weight excluding hydrogens is 182 g/mol. The standard InChI is InChI=1S/C14H29N/c1-13(2,3)11-8-7-9-15-10-12(11)14(4,5)6/h11-12,15H,7-10H2,1-6H3. The van der Waals surface area contributed by atoms with Gasteiger partial charge in [0.05, 0.1) is 0 Å². The van der Waals surface area contributed by atoms with E-state index in [2.05, 4.69) is 46.9 Å². The minimum atomic E-state index is 0.426. The van der Waals surface area contributed by atoms with E-state index in [4.69, 9.17) is 0 Å². The van der Waals surface area contributed by atoms with Crippen LogP contribution in [0.4, 0.5) is 0 Å². The summed E-state index contributed by atoms with van der Waals surface area (Å²) in [6.07, 6.45) is 2.73. The van der Waals surface area contributed by atoms with Crippen LogP contribution in [-0.2, 0) is 0 Å². The number of nitrogens with one attached hydrogen (secondary N) is 1. The lowest BCUT2D eigenvalue weighted by atomic mass is 9.63. The average Bonchev–Trinajstić information content (AvgIpc) is 2.24. The van der Waals surface area contributed by atoms with Crippen LogP contribution in [0.3, 0.4) is 0 Å². The third-order valence-corrected chi connectivity index (χ3v) is 3.94. The van der Waals surface area contributed by atoms with Crippen molar-refractivity contribution in [1.29, 1.82) is 0 Å². The van der Waals surface area contributed by atoms with Gasteiger partial charge in [-0.05, 0) is 48.6 Å². The second kappa shape index (κ2) is 4.45. The molecule has 0 radical (unpaired) electrons. The zero-order valence-corrected chi connectivity index (χ0v) is 11.5. The Kier molecular flexibility index (Phi) is 3.86. The van der Waals surface area contributed by atoms with Crippen LogP contribution >= 0.6 is 0 Å². The summed E-state index contributed by atoms with van der Waals surface area (Å²) in [6, 6.07) is 0. The minimum absolute atomic E-state index is 0.426. The first-order valence-electron chi connectivity index (χ1n) is 6.43. The third-order valence-electron chi connectivity index (χ3n) is 3.94. The highest BCUT2D eigenvalue weighted by atomic mass is 14.9. The molecule has 1 N–H and O–H groups in total. The fourth-order valence-electron chi connectivity index (χ4n) is 2.99. The van der Waals surface area contributed by atoms with Crippen LogP contribution in [0, 0.1) is 22.7 Å². The van der Waals surface area contributed by atoms with Crippen molar-refractivity contribution in [2.24, 2.45) is 22.7 Å². The van der Waals surface area contributed by atoms with Gasteiger partial charge in [-0.15, -0.1) is 0 Å². The van der Waals surface area contributed by atoms with E-state index in [-0.39, 0.29) is 0 Å². The maximum atomic E-state index is 3.61. The fourth-order valence-corrected chi connectivity index (χ4v) is 2.99. The predicted octanol–water partition coefficient (Wildman–Crippen LogP) is 3.69. The Morgan fingerprint density at radius 2 is 1.40 bits per heavy atom. The quantitative estimate of drug-likeness (QED) is 0.644. The van der Waals surface area contributed by atoms with Crippen molar-refractivity contribution in [2.75, 3.05) is 13.1 Å². The first-order chi connectivity index (χ1) is 6.73. The van der Waals surface area contributed by atoms with E-state index < -0.39 is 0 Å². The summed E-state index contributed by atoms with van der Waals surface area (Å²) in [5, 5.41) is 3.61. The normalized spacial score (nSPS) is 30.0. The Hall–Kier alpha value is -0.0400. The average molecular weight is 211 g/mol. The van der Waals surface area contributed by atoms with Gasteiger partial charge in [-0.2, -0.15) is 0 Å². The Bertz CT molecular complexity index is 172. The van der Waals surface area contributed by atoms with Crippen molar-refractivity contribution in [1.82, 2.24) is 5.32 Å². The van der Waals surface area contributed by atoms with Gasteiger partial charge in [-0.3, -0.25) is 0 Å². The van der Waals surface area contributed by atoms with E-state index in [1.165, 1.54) is 25.9 Å². The molecule has 2 unspecified atom stereocenters. The lowest BCUT2D eigenvalue weighted by Crippen LogP contribution is -2.40. The van der Waals surface area contributed by atoms with Gasteiger partial charge in [-0.25, -0.2) is 0 Å². The van der Waals surface area contributed by atoms with Gasteiger partial charge in [0.1, 0.15) is 0 Å². The van der Waals surface area contributed by atoms with E-state index in [9.17, 15) is 0 Å². The highest BCUT2D eigenvalue weighted by molar-refractivity contribution is 4.89. The SMILES string of the molecule is CC(C)(C)C1CCCNCC1C(C)(C)C. The molecular formula is C14H29N. The van der Waals surface area contributed by atoms with E-state index >= 15 is 0 Å². The van der Waals surface area contributed by atoms with Crippen LogP contribution in [0.15, 0.2) is 0 Å². The summed E-state index contributed by atoms with van der Waals surface area (Å²) in [4.78, 5) is 0. The summed E-state index contributed by atoms with van der Waals surface area (Å²) >= 11 is 0. The van der Waals surface area contributed by atoms with Crippen LogP contribution in [0.5, 0.6) is 0 Å². The Balaban J connectivity index is 2.86. The number of hydrogen-bond acceptors (Lipinski definition) is 1. The largest absolute Gasteiger partial charge is 0.316 e. The maximum Gasteiger partial charge on any atom is -0.00127 e. The van der Waals surface area contributed by atoms with Gasteiger partial charge in [0.2, 0.25) is 0 Å². The van der Waals surface area contributed by atoms with Gasteiger partial charge >= 0.3 is 0 Å². The summed E-state index contributed by atoms with van der Waals surface area (Å²) in [7, 11) is 0. The first kappa shape index (κ1) is 13.0. The molecule has 1 nitrogen and oxygen atoms in total. The molecule has 0 saturated carbocycles. The van der Waals surface area contributed by atoms with Gasteiger partial charge in [0.15, 0.2) is 0 Å².